The molecule has 0 saturated carbocycles. The van der Waals surface area contributed by atoms with Crippen LogP contribution in [0.5, 0.6) is 0 Å². The van der Waals surface area contributed by atoms with Crippen molar-refractivity contribution in [2.24, 2.45) is 0 Å². The second-order valence-corrected chi connectivity index (χ2v) is 10.2. The molecule has 4 N–H and O–H groups in total. The molecule has 3 unspecified atom stereocenters. The lowest BCUT2D eigenvalue weighted by Crippen LogP contribution is -2.42. The first kappa shape index (κ1) is 30.2. The number of carbonyl (C=O) groups is 1. The average Bonchev–Trinajstić information content (AvgIpc) is 3.10. The smallest absolute Gasteiger partial charge is 0.406 e. The number of anilines is 1. The summed E-state index contributed by atoms with van der Waals surface area (Å²) in [5.41, 5.74) is 4.34. The minimum Gasteiger partial charge on any atom is -0.468 e. The van der Waals surface area contributed by atoms with Crippen LogP contribution in [0.2, 0.25) is 0 Å². The zero-order chi connectivity index (χ0) is 29.1. The molecule has 39 heavy (non-hydrogen) atoms. The van der Waals surface area contributed by atoms with Crippen molar-refractivity contribution in [3.8, 4) is 0 Å². The van der Waals surface area contributed by atoms with Gasteiger partial charge < -0.3 is 20.3 Å². The Labute approximate surface area is 219 Å². The number of aromatic nitrogens is 2. The molecule has 6 atom stereocenters. The first-order chi connectivity index (χ1) is 18.2. The number of nitrogens with one attached hydrogen (secondary N) is 1. The molecule has 18 heteroatoms. The quantitative estimate of drug-likeness (QED) is 0.151. The number of aliphatic hydroxyl groups is 1. The van der Waals surface area contributed by atoms with E-state index in [0.717, 1.165) is 19.4 Å². The Bertz CT molecular complexity index is 1310. The molecule has 1 aliphatic rings. The number of halogens is 2. The van der Waals surface area contributed by atoms with E-state index in [9.17, 15) is 38.2 Å². The molecule has 0 aliphatic carbocycles. The summed E-state index contributed by atoms with van der Waals surface area (Å²) in [6, 6.07) is 4.87. The Morgan fingerprint density at radius 2 is 2.00 bits per heavy atom. The predicted octanol–water partition coefficient (Wildman–Crippen LogP) is 1.68. The first-order valence-electron chi connectivity index (χ1n) is 11.3. The van der Waals surface area contributed by atoms with Crippen LogP contribution in [0.3, 0.4) is 0 Å². The molecule has 3 rings (SSSR count). The summed E-state index contributed by atoms with van der Waals surface area (Å²) in [5.74, 6) is -5.08. The molecular formula is C21H26F2N5O10P. The van der Waals surface area contributed by atoms with Crippen LogP contribution in [0.25, 0.3) is 0 Å². The third-order valence-corrected chi connectivity index (χ3v) is 7.46. The molecule has 214 valence electrons. The van der Waals surface area contributed by atoms with Crippen molar-refractivity contribution in [3.05, 3.63) is 62.7 Å². The van der Waals surface area contributed by atoms with E-state index in [2.05, 4.69) is 14.8 Å². The van der Waals surface area contributed by atoms with Crippen molar-refractivity contribution < 1.29 is 46.7 Å². The Balaban J connectivity index is 1.81. The lowest BCUT2D eigenvalue weighted by atomic mass is 10.1. The number of nitrogen functional groups attached to an aromatic ring is 1. The number of nitrogens with two attached hydrogens (primary N) is 1. The van der Waals surface area contributed by atoms with Crippen molar-refractivity contribution in [1.82, 2.24) is 14.6 Å². The summed E-state index contributed by atoms with van der Waals surface area (Å²) < 4.78 is 64.3. The number of methoxy groups -OCH3 is 1. The van der Waals surface area contributed by atoms with E-state index in [4.69, 9.17) is 19.5 Å². The third-order valence-electron chi connectivity index (χ3n) is 5.67. The number of hydrogen-bond donors (Lipinski definition) is 3. The summed E-state index contributed by atoms with van der Waals surface area (Å²) in [7, 11) is -3.47. The molecule has 2 heterocycles. The number of nitro groups is 1. The number of carbonyl (C=O) groups excluding carboxylic acids is 1. The number of alkyl halides is 2. The van der Waals surface area contributed by atoms with E-state index >= 15 is 0 Å². The molecule has 2 aromatic rings. The molecule has 1 fully saturated rings. The van der Waals surface area contributed by atoms with Gasteiger partial charge in [0.2, 0.25) is 6.23 Å². The largest absolute Gasteiger partial charge is 0.468 e. The van der Waals surface area contributed by atoms with E-state index < -0.39 is 67.4 Å². The molecule has 1 aliphatic heterocycles. The highest BCUT2D eigenvalue weighted by Crippen LogP contribution is 2.50. The number of nitrogens with zero attached hydrogens (tertiary/aromatic N) is 3. The van der Waals surface area contributed by atoms with Gasteiger partial charge in [-0.05, 0) is 37.6 Å². The van der Waals surface area contributed by atoms with Crippen molar-refractivity contribution in [3.63, 3.8) is 0 Å². The normalized spacial score (nSPS) is 23.5. The molecule has 0 bridgehead atoms. The van der Waals surface area contributed by atoms with Crippen LogP contribution < -0.4 is 16.5 Å². The van der Waals surface area contributed by atoms with Crippen molar-refractivity contribution in [1.29, 1.82) is 0 Å². The van der Waals surface area contributed by atoms with E-state index in [1.54, 1.807) is 0 Å². The van der Waals surface area contributed by atoms with Crippen LogP contribution in [-0.4, -0.2) is 63.4 Å². The molecule has 1 aromatic heterocycles. The number of rotatable bonds is 11. The maximum atomic E-state index is 14.8. The minimum atomic E-state index is -4.54. The molecule has 15 nitrogen and oxygen atoms in total. The molecule has 1 saturated heterocycles. The molecule has 1 aromatic carbocycles. The minimum absolute atomic E-state index is 0.207. The Morgan fingerprint density at radius 3 is 2.56 bits per heavy atom. The van der Waals surface area contributed by atoms with Gasteiger partial charge in [0.15, 0.2) is 6.10 Å². The number of aliphatic hydroxyl groups excluding tert-OH is 1. The number of ether oxygens (including phenoxy) is 2. The van der Waals surface area contributed by atoms with Gasteiger partial charge in [0.25, 0.3) is 5.69 Å². The predicted molar refractivity (Wildman–Crippen MR) is 129 cm³/mol. The van der Waals surface area contributed by atoms with Crippen molar-refractivity contribution in [2.75, 3.05) is 19.5 Å². The Morgan fingerprint density at radius 1 is 1.36 bits per heavy atom. The van der Waals surface area contributed by atoms with Gasteiger partial charge >= 0.3 is 25.3 Å². The van der Waals surface area contributed by atoms with E-state index in [-0.39, 0.29) is 11.5 Å². The maximum absolute atomic E-state index is 14.8. The SMILES string of the molecule is COC(=O)[C@H](C)NP(=O)(OC[C@H]1O[C@@H](n2ccc(N)nc2=O)C(F)(F)C1O)OC(C)c1ccc([N+](=O)[O-])cc1. The topological polar surface area (TPSA) is 207 Å². The van der Waals surface area contributed by atoms with Crippen LogP contribution in [0.15, 0.2) is 41.3 Å². The maximum Gasteiger partial charge on any atom is 0.406 e. The highest BCUT2D eigenvalue weighted by molar-refractivity contribution is 7.51. The zero-order valence-electron chi connectivity index (χ0n) is 20.8. The molecule has 0 amide bonds. The number of hydrogen-bond acceptors (Lipinski definition) is 12. The highest BCUT2D eigenvalue weighted by atomic mass is 31.2. The Kier molecular flexibility index (Phi) is 9.15. The van der Waals surface area contributed by atoms with Crippen LogP contribution in [0.4, 0.5) is 20.3 Å². The molecule has 0 radical (unpaired) electrons. The van der Waals surface area contributed by atoms with Gasteiger partial charge in [-0.3, -0.25) is 28.5 Å². The number of nitro benzene ring substituents is 1. The lowest BCUT2D eigenvalue weighted by Gasteiger charge is -2.26. The Hall–Kier alpha value is -3.34. The van der Waals surface area contributed by atoms with E-state index in [0.29, 0.717) is 10.1 Å². The monoisotopic (exact) mass is 577 g/mol. The van der Waals surface area contributed by atoms with Crippen LogP contribution in [0, 0.1) is 10.1 Å². The summed E-state index contributed by atoms with van der Waals surface area (Å²) in [6.45, 7) is 1.76. The van der Waals surface area contributed by atoms with Crippen LogP contribution >= 0.6 is 7.75 Å². The summed E-state index contributed by atoms with van der Waals surface area (Å²) in [5, 5.41) is 23.4. The van der Waals surface area contributed by atoms with Gasteiger partial charge in [-0.25, -0.2) is 14.4 Å². The first-order valence-corrected chi connectivity index (χ1v) is 12.8. The summed E-state index contributed by atoms with van der Waals surface area (Å²) >= 11 is 0. The van der Waals surface area contributed by atoms with E-state index in [1.807, 2.05) is 0 Å². The van der Waals surface area contributed by atoms with Gasteiger partial charge in [-0.15, -0.1) is 0 Å². The standard InChI is InChI=1S/C21H26F2N5O10P/c1-11(18(30)35-3)26-39(34,38-12(2)13-4-6-14(7-5-13)28(32)33)36-10-15-17(29)21(22,23)19(37-15)27-9-8-16(24)25-20(27)31/h4-9,11-12,15,17,19,29H,10H2,1-3H3,(H,26,34)(H2,24,25,31)/t11-,12?,15+,17?,19+,39?/m0/s1. The van der Waals surface area contributed by atoms with Gasteiger partial charge in [0.1, 0.15) is 18.0 Å². The van der Waals surface area contributed by atoms with Crippen LogP contribution in [-0.2, 0) is 27.9 Å². The highest BCUT2D eigenvalue weighted by Gasteiger charge is 2.60. The second-order valence-electron chi connectivity index (χ2n) is 8.45. The van der Waals surface area contributed by atoms with Gasteiger partial charge in [0.05, 0.1) is 24.7 Å². The van der Waals surface area contributed by atoms with Gasteiger partial charge in [0, 0.05) is 18.3 Å². The van der Waals surface area contributed by atoms with Gasteiger partial charge in [-0.1, -0.05) is 0 Å². The van der Waals surface area contributed by atoms with Crippen molar-refractivity contribution in [2.45, 2.75) is 50.4 Å². The number of non-ortho nitro benzene ring substituents is 1. The zero-order valence-corrected chi connectivity index (χ0v) is 21.7. The number of benzene rings is 1. The third kappa shape index (κ3) is 6.81. The average molecular weight is 577 g/mol. The second kappa shape index (κ2) is 11.8. The number of esters is 1. The van der Waals surface area contributed by atoms with Gasteiger partial charge in [-0.2, -0.15) is 13.8 Å². The fourth-order valence-corrected chi connectivity index (χ4v) is 5.24. The van der Waals surface area contributed by atoms with Crippen LogP contribution in [0.1, 0.15) is 31.7 Å². The fourth-order valence-electron chi connectivity index (χ4n) is 3.58. The molecule has 0 spiro atoms. The fraction of sp³-hybridized carbons (Fsp3) is 0.476. The van der Waals surface area contributed by atoms with Crippen molar-refractivity contribution >= 4 is 25.2 Å². The lowest BCUT2D eigenvalue weighted by molar-refractivity contribution is -0.384. The molecular weight excluding hydrogens is 551 g/mol. The summed E-state index contributed by atoms with van der Waals surface area (Å²) in [4.78, 5) is 37.6. The van der Waals surface area contributed by atoms with E-state index in [1.165, 1.54) is 38.1 Å². The summed E-state index contributed by atoms with van der Waals surface area (Å²) in [6.07, 6.45) is -6.74.